The molecule has 0 aliphatic carbocycles. The lowest BCUT2D eigenvalue weighted by molar-refractivity contribution is 0.623. The van der Waals surface area contributed by atoms with Gasteiger partial charge in [0.25, 0.3) is 0 Å². The van der Waals surface area contributed by atoms with Crippen molar-refractivity contribution in [1.29, 1.82) is 0 Å². The van der Waals surface area contributed by atoms with Gasteiger partial charge in [0.15, 0.2) is 0 Å². The van der Waals surface area contributed by atoms with Gasteiger partial charge in [0.1, 0.15) is 5.82 Å². The third-order valence-electron chi connectivity index (χ3n) is 3.63. The van der Waals surface area contributed by atoms with Gasteiger partial charge in [0, 0.05) is 30.6 Å². The molecule has 0 fully saturated rings. The van der Waals surface area contributed by atoms with Crippen molar-refractivity contribution in [2.75, 3.05) is 5.73 Å². The Labute approximate surface area is 121 Å². The quantitative estimate of drug-likeness (QED) is 0.784. The molecule has 0 aliphatic heterocycles. The Balaban J connectivity index is 2.11. The minimum atomic E-state index is 0.724. The molecule has 4 nitrogen and oxygen atoms in total. The van der Waals surface area contributed by atoms with E-state index in [9.17, 15) is 0 Å². The molecular weight excluding hydrogens is 248 g/mol. The minimum absolute atomic E-state index is 0.724. The standard InChI is InChI=1S/C16H24N4/c1-3-4-5-6-7-10-14-15(16(17)20(2)19-14)13-9-8-11-18-12-13/h8-9,11-12H,3-7,10,17H2,1-2H3. The molecule has 0 saturated heterocycles. The van der Waals surface area contributed by atoms with Gasteiger partial charge >= 0.3 is 0 Å². The maximum Gasteiger partial charge on any atom is 0.129 e. The summed E-state index contributed by atoms with van der Waals surface area (Å²) in [6.07, 6.45) is 11.0. The predicted octanol–water partition coefficient (Wildman–Crippen LogP) is 3.58. The number of anilines is 1. The summed E-state index contributed by atoms with van der Waals surface area (Å²) in [4.78, 5) is 4.18. The zero-order chi connectivity index (χ0) is 14.4. The van der Waals surface area contributed by atoms with Gasteiger partial charge in [-0.3, -0.25) is 9.67 Å². The van der Waals surface area contributed by atoms with Crippen LogP contribution in [-0.4, -0.2) is 14.8 Å². The van der Waals surface area contributed by atoms with Crippen LogP contribution in [0.25, 0.3) is 11.1 Å². The third-order valence-corrected chi connectivity index (χ3v) is 3.63. The number of nitrogens with two attached hydrogens (primary N) is 1. The van der Waals surface area contributed by atoms with Crippen LogP contribution in [0.1, 0.15) is 44.7 Å². The van der Waals surface area contributed by atoms with Crippen LogP contribution in [0.5, 0.6) is 0 Å². The van der Waals surface area contributed by atoms with Crippen LogP contribution in [0.2, 0.25) is 0 Å². The summed E-state index contributed by atoms with van der Waals surface area (Å²) in [7, 11) is 1.90. The topological polar surface area (TPSA) is 56.7 Å². The number of rotatable bonds is 7. The van der Waals surface area contributed by atoms with Crippen molar-refractivity contribution < 1.29 is 0 Å². The highest BCUT2D eigenvalue weighted by atomic mass is 15.3. The predicted molar refractivity (Wildman–Crippen MR) is 83.3 cm³/mol. The van der Waals surface area contributed by atoms with Gasteiger partial charge in [-0.15, -0.1) is 0 Å². The zero-order valence-corrected chi connectivity index (χ0v) is 12.5. The van der Waals surface area contributed by atoms with E-state index < -0.39 is 0 Å². The number of pyridine rings is 1. The van der Waals surface area contributed by atoms with E-state index in [2.05, 4.69) is 17.0 Å². The van der Waals surface area contributed by atoms with Gasteiger partial charge in [-0.05, 0) is 18.9 Å². The molecule has 0 unspecified atom stereocenters. The monoisotopic (exact) mass is 272 g/mol. The first-order valence-electron chi connectivity index (χ1n) is 7.45. The first-order valence-corrected chi connectivity index (χ1v) is 7.45. The molecule has 2 heterocycles. The molecule has 0 amide bonds. The normalized spacial score (nSPS) is 10.9. The second kappa shape index (κ2) is 7.08. The smallest absolute Gasteiger partial charge is 0.129 e. The number of unbranched alkanes of at least 4 members (excludes halogenated alkanes) is 4. The number of aryl methyl sites for hydroxylation is 2. The minimum Gasteiger partial charge on any atom is -0.383 e. The Hall–Kier alpha value is -1.84. The molecule has 0 aliphatic rings. The Morgan fingerprint density at radius 1 is 1.20 bits per heavy atom. The van der Waals surface area contributed by atoms with E-state index in [4.69, 9.17) is 5.73 Å². The molecule has 0 atom stereocenters. The number of nitrogen functional groups attached to an aromatic ring is 1. The van der Waals surface area contributed by atoms with E-state index >= 15 is 0 Å². The Kier molecular flexibility index (Phi) is 5.16. The lowest BCUT2D eigenvalue weighted by Crippen LogP contribution is -1.98. The second-order valence-corrected chi connectivity index (χ2v) is 5.24. The van der Waals surface area contributed by atoms with Crippen molar-refractivity contribution >= 4 is 5.82 Å². The van der Waals surface area contributed by atoms with Crippen LogP contribution < -0.4 is 5.73 Å². The fraction of sp³-hybridized carbons (Fsp3) is 0.500. The fourth-order valence-electron chi connectivity index (χ4n) is 2.49. The van der Waals surface area contributed by atoms with E-state index in [0.717, 1.165) is 29.1 Å². The van der Waals surface area contributed by atoms with Gasteiger partial charge in [-0.2, -0.15) is 5.10 Å². The first-order chi connectivity index (χ1) is 9.74. The van der Waals surface area contributed by atoms with E-state index in [-0.39, 0.29) is 0 Å². The molecule has 108 valence electrons. The molecule has 2 aromatic rings. The van der Waals surface area contributed by atoms with Gasteiger partial charge in [-0.25, -0.2) is 0 Å². The molecule has 0 saturated carbocycles. The van der Waals surface area contributed by atoms with E-state index in [0.29, 0.717) is 0 Å². The van der Waals surface area contributed by atoms with Crippen LogP contribution >= 0.6 is 0 Å². The molecule has 0 spiro atoms. The van der Waals surface area contributed by atoms with Gasteiger partial charge in [0.2, 0.25) is 0 Å². The Bertz CT molecular complexity index is 531. The molecule has 0 aromatic carbocycles. The second-order valence-electron chi connectivity index (χ2n) is 5.24. The first kappa shape index (κ1) is 14.6. The van der Waals surface area contributed by atoms with Crippen molar-refractivity contribution in [2.45, 2.75) is 45.4 Å². The van der Waals surface area contributed by atoms with E-state index in [1.54, 1.807) is 10.9 Å². The zero-order valence-electron chi connectivity index (χ0n) is 12.5. The molecule has 2 rings (SSSR count). The number of aromatic nitrogens is 3. The Morgan fingerprint density at radius 2 is 2.00 bits per heavy atom. The molecule has 0 bridgehead atoms. The highest BCUT2D eigenvalue weighted by Crippen LogP contribution is 2.29. The molecule has 4 heteroatoms. The Morgan fingerprint density at radius 3 is 2.70 bits per heavy atom. The van der Waals surface area contributed by atoms with Crippen molar-refractivity contribution in [1.82, 2.24) is 14.8 Å². The van der Waals surface area contributed by atoms with Gasteiger partial charge in [-0.1, -0.05) is 38.7 Å². The summed E-state index contributed by atoms with van der Waals surface area (Å²) in [5, 5.41) is 4.57. The van der Waals surface area contributed by atoms with Crippen molar-refractivity contribution in [2.24, 2.45) is 7.05 Å². The summed E-state index contributed by atoms with van der Waals surface area (Å²) >= 11 is 0. The molecule has 0 radical (unpaired) electrons. The van der Waals surface area contributed by atoms with Crippen LogP contribution in [0.3, 0.4) is 0 Å². The molecular formula is C16H24N4. The summed E-state index contributed by atoms with van der Waals surface area (Å²) in [5.74, 6) is 0.724. The van der Waals surface area contributed by atoms with Crippen LogP contribution in [0.15, 0.2) is 24.5 Å². The van der Waals surface area contributed by atoms with Gasteiger partial charge < -0.3 is 5.73 Å². The van der Waals surface area contributed by atoms with Crippen molar-refractivity contribution in [3.05, 3.63) is 30.2 Å². The third kappa shape index (κ3) is 3.38. The van der Waals surface area contributed by atoms with Crippen LogP contribution in [0.4, 0.5) is 5.82 Å². The van der Waals surface area contributed by atoms with Crippen LogP contribution in [-0.2, 0) is 13.5 Å². The summed E-state index contributed by atoms with van der Waals surface area (Å²) in [6, 6.07) is 3.98. The summed E-state index contributed by atoms with van der Waals surface area (Å²) in [5.41, 5.74) is 9.36. The van der Waals surface area contributed by atoms with Crippen molar-refractivity contribution in [3.8, 4) is 11.1 Å². The number of hydrogen-bond donors (Lipinski definition) is 1. The summed E-state index contributed by atoms with van der Waals surface area (Å²) in [6.45, 7) is 2.24. The highest BCUT2D eigenvalue weighted by Gasteiger charge is 2.15. The lowest BCUT2D eigenvalue weighted by atomic mass is 10.0. The van der Waals surface area contributed by atoms with Gasteiger partial charge in [0.05, 0.1) is 5.69 Å². The maximum absolute atomic E-state index is 6.16. The average Bonchev–Trinajstić information content (AvgIpc) is 2.75. The van der Waals surface area contributed by atoms with E-state index in [1.165, 1.54) is 32.1 Å². The number of nitrogens with zero attached hydrogens (tertiary/aromatic N) is 3. The summed E-state index contributed by atoms with van der Waals surface area (Å²) < 4.78 is 1.77. The SMILES string of the molecule is CCCCCCCc1nn(C)c(N)c1-c1cccnc1. The maximum atomic E-state index is 6.16. The molecule has 2 N–H and O–H groups in total. The average molecular weight is 272 g/mol. The number of hydrogen-bond acceptors (Lipinski definition) is 3. The lowest BCUT2D eigenvalue weighted by Gasteiger charge is -2.04. The fourth-order valence-corrected chi connectivity index (χ4v) is 2.49. The molecule has 2 aromatic heterocycles. The van der Waals surface area contributed by atoms with E-state index in [1.807, 2.05) is 25.4 Å². The highest BCUT2D eigenvalue weighted by molar-refractivity contribution is 5.76. The van der Waals surface area contributed by atoms with Crippen LogP contribution in [0, 0.1) is 0 Å². The largest absolute Gasteiger partial charge is 0.383 e. The molecule has 20 heavy (non-hydrogen) atoms. The van der Waals surface area contributed by atoms with Crippen molar-refractivity contribution in [3.63, 3.8) is 0 Å².